The Kier molecular flexibility index (Phi) is 5.84. The third kappa shape index (κ3) is 5.19. The Morgan fingerprint density at radius 2 is 1.37 bits per heavy atom. The molecule has 0 aliphatic rings. The molecule has 5 nitrogen and oxygen atoms in total. The lowest BCUT2D eigenvalue weighted by atomic mass is 10.1. The third-order valence-corrected chi connectivity index (χ3v) is 4.06. The molecule has 3 rings (SSSR count). The van der Waals surface area contributed by atoms with Crippen molar-refractivity contribution in [1.29, 1.82) is 0 Å². The molecule has 0 saturated carbocycles. The maximum absolute atomic E-state index is 12.2. The molecule has 27 heavy (non-hydrogen) atoms. The van der Waals surface area contributed by atoms with Crippen LogP contribution in [0.4, 0.5) is 0 Å². The average molecular weight is 360 g/mol. The number of nitrogens with two attached hydrogens (primary N) is 1. The normalized spacial score (nSPS) is 10.2. The highest BCUT2D eigenvalue weighted by molar-refractivity contribution is 5.97. The van der Waals surface area contributed by atoms with Gasteiger partial charge in [-0.3, -0.25) is 9.59 Å². The van der Waals surface area contributed by atoms with Gasteiger partial charge in [-0.15, -0.1) is 0 Å². The number of carbonyl (C=O) groups excluding carboxylic acids is 2. The Morgan fingerprint density at radius 3 is 2.00 bits per heavy atom. The van der Waals surface area contributed by atoms with E-state index in [2.05, 4.69) is 5.32 Å². The van der Waals surface area contributed by atoms with E-state index in [1.54, 1.807) is 24.3 Å². The van der Waals surface area contributed by atoms with Gasteiger partial charge in [0, 0.05) is 17.7 Å². The minimum absolute atomic E-state index is 0.206. The second-order valence-corrected chi connectivity index (χ2v) is 6.04. The predicted octanol–water partition coefficient (Wildman–Crippen LogP) is 3.29. The largest absolute Gasteiger partial charge is 0.489 e. The topological polar surface area (TPSA) is 81.4 Å². The minimum Gasteiger partial charge on any atom is -0.489 e. The zero-order chi connectivity index (χ0) is 19.1. The molecule has 136 valence electrons. The van der Waals surface area contributed by atoms with Crippen LogP contribution in [-0.4, -0.2) is 11.8 Å². The zero-order valence-corrected chi connectivity index (χ0v) is 14.7. The molecule has 0 spiro atoms. The van der Waals surface area contributed by atoms with Gasteiger partial charge in [0.2, 0.25) is 5.91 Å². The number of nitrogens with one attached hydrogen (secondary N) is 1. The van der Waals surface area contributed by atoms with E-state index in [-0.39, 0.29) is 5.91 Å². The van der Waals surface area contributed by atoms with E-state index in [1.165, 1.54) is 0 Å². The highest BCUT2D eigenvalue weighted by atomic mass is 16.5. The molecule has 0 aromatic heterocycles. The number of hydrogen-bond acceptors (Lipinski definition) is 3. The Bertz CT molecular complexity index is 905. The Labute approximate surface area is 157 Å². The van der Waals surface area contributed by atoms with E-state index in [0.29, 0.717) is 24.3 Å². The molecule has 3 N–H and O–H groups in total. The number of amides is 2. The second-order valence-electron chi connectivity index (χ2n) is 6.04. The monoisotopic (exact) mass is 360 g/mol. The maximum Gasteiger partial charge on any atom is 0.251 e. The van der Waals surface area contributed by atoms with Crippen molar-refractivity contribution in [2.75, 3.05) is 0 Å². The summed E-state index contributed by atoms with van der Waals surface area (Å²) in [6.45, 7) is 0.902. The van der Waals surface area contributed by atoms with Crippen molar-refractivity contribution < 1.29 is 14.3 Å². The number of rotatable bonds is 7. The molecular weight excluding hydrogens is 340 g/mol. The zero-order valence-electron chi connectivity index (χ0n) is 14.7. The molecule has 0 atom stereocenters. The number of benzene rings is 3. The first-order valence-electron chi connectivity index (χ1n) is 8.55. The second kappa shape index (κ2) is 8.67. The molecule has 3 aromatic rings. The van der Waals surface area contributed by atoms with Crippen LogP contribution < -0.4 is 15.8 Å². The van der Waals surface area contributed by atoms with Crippen LogP contribution in [0.15, 0.2) is 78.9 Å². The molecule has 0 heterocycles. The molecule has 0 fully saturated rings. The van der Waals surface area contributed by atoms with Gasteiger partial charge in [-0.1, -0.05) is 42.5 Å². The Balaban J connectivity index is 1.50. The summed E-state index contributed by atoms with van der Waals surface area (Å²) >= 11 is 0. The van der Waals surface area contributed by atoms with E-state index in [4.69, 9.17) is 10.5 Å². The van der Waals surface area contributed by atoms with Gasteiger partial charge < -0.3 is 15.8 Å². The average Bonchev–Trinajstić information content (AvgIpc) is 2.72. The van der Waals surface area contributed by atoms with Gasteiger partial charge in [0.15, 0.2) is 0 Å². The molecular formula is C22H20N2O3. The highest BCUT2D eigenvalue weighted by Gasteiger charge is 2.07. The smallest absolute Gasteiger partial charge is 0.251 e. The Morgan fingerprint density at radius 1 is 0.778 bits per heavy atom. The van der Waals surface area contributed by atoms with Crippen molar-refractivity contribution in [3.63, 3.8) is 0 Å². The van der Waals surface area contributed by atoms with Crippen LogP contribution in [0.5, 0.6) is 5.75 Å². The fraction of sp³-hybridized carbons (Fsp3) is 0.0909. The van der Waals surface area contributed by atoms with Gasteiger partial charge in [0.1, 0.15) is 12.4 Å². The van der Waals surface area contributed by atoms with Crippen molar-refractivity contribution in [2.24, 2.45) is 5.73 Å². The first-order valence-corrected chi connectivity index (χ1v) is 8.55. The van der Waals surface area contributed by atoms with Crippen LogP contribution in [0.25, 0.3) is 0 Å². The SMILES string of the molecule is NC(=O)c1ccc(C(=O)NCc2ccc(COc3ccccc3)cc2)cc1. The Hall–Kier alpha value is -3.60. The predicted molar refractivity (Wildman–Crippen MR) is 103 cm³/mol. The summed E-state index contributed by atoms with van der Waals surface area (Å²) in [6, 6.07) is 23.8. The summed E-state index contributed by atoms with van der Waals surface area (Å²) in [6.07, 6.45) is 0. The van der Waals surface area contributed by atoms with Gasteiger partial charge in [0.25, 0.3) is 5.91 Å². The van der Waals surface area contributed by atoms with Crippen LogP contribution in [0, 0.1) is 0 Å². The number of carbonyl (C=O) groups is 2. The standard InChI is InChI=1S/C22H20N2O3/c23-21(25)18-10-12-19(13-11-18)22(26)24-14-16-6-8-17(9-7-16)15-27-20-4-2-1-3-5-20/h1-13H,14-15H2,(H2,23,25)(H,24,26). The quantitative estimate of drug-likeness (QED) is 0.678. The van der Waals surface area contributed by atoms with Crippen molar-refractivity contribution >= 4 is 11.8 Å². The van der Waals surface area contributed by atoms with E-state index in [9.17, 15) is 9.59 Å². The number of hydrogen-bond donors (Lipinski definition) is 2. The summed E-state index contributed by atoms with van der Waals surface area (Å²) < 4.78 is 5.71. The minimum atomic E-state index is -0.515. The van der Waals surface area contributed by atoms with Crippen molar-refractivity contribution in [1.82, 2.24) is 5.32 Å². The first kappa shape index (κ1) is 18.2. The maximum atomic E-state index is 12.2. The lowest BCUT2D eigenvalue weighted by molar-refractivity contribution is 0.0948. The molecule has 2 amide bonds. The van der Waals surface area contributed by atoms with Crippen LogP contribution >= 0.6 is 0 Å². The van der Waals surface area contributed by atoms with Crippen LogP contribution in [0.3, 0.4) is 0 Å². The van der Waals surface area contributed by atoms with Crippen LogP contribution in [0.2, 0.25) is 0 Å². The van der Waals surface area contributed by atoms with E-state index >= 15 is 0 Å². The van der Waals surface area contributed by atoms with Crippen LogP contribution in [-0.2, 0) is 13.2 Å². The van der Waals surface area contributed by atoms with Gasteiger partial charge in [0.05, 0.1) is 0 Å². The molecule has 3 aromatic carbocycles. The highest BCUT2D eigenvalue weighted by Crippen LogP contribution is 2.12. The molecule has 0 aliphatic carbocycles. The summed E-state index contributed by atoms with van der Waals surface area (Å²) in [4.78, 5) is 23.2. The molecule has 0 radical (unpaired) electrons. The fourth-order valence-electron chi connectivity index (χ4n) is 2.51. The summed E-state index contributed by atoms with van der Waals surface area (Å²) in [5.41, 5.74) is 8.09. The summed E-state index contributed by atoms with van der Waals surface area (Å²) in [7, 11) is 0. The summed E-state index contributed by atoms with van der Waals surface area (Å²) in [5, 5.41) is 2.85. The van der Waals surface area contributed by atoms with E-state index in [0.717, 1.165) is 16.9 Å². The number of para-hydroxylation sites is 1. The van der Waals surface area contributed by atoms with Crippen molar-refractivity contribution in [3.8, 4) is 5.75 Å². The molecule has 0 bridgehead atoms. The molecule has 5 heteroatoms. The third-order valence-electron chi connectivity index (χ3n) is 4.06. The lowest BCUT2D eigenvalue weighted by Crippen LogP contribution is -2.23. The summed E-state index contributed by atoms with van der Waals surface area (Å²) in [5.74, 6) is 0.108. The first-order chi connectivity index (χ1) is 13.1. The van der Waals surface area contributed by atoms with Crippen molar-refractivity contribution in [3.05, 3.63) is 101 Å². The molecule has 0 unspecified atom stereocenters. The van der Waals surface area contributed by atoms with Gasteiger partial charge in [-0.05, 0) is 47.5 Å². The van der Waals surface area contributed by atoms with Crippen molar-refractivity contribution in [2.45, 2.75) is 13.2 Å². The van der Waals surface area contributed by atoms with Gasteiger partial charge in [-0.25, -0.2) is 0 Å². The number of ether oxygens (including phenoxy) is 1. The number of primary amides is 1. The molecule has 0 saturated heterocycles. The fourth-order valence-corrected chi connectivity index (χ4v) is 2.51. The van der Waals surface area contributed by atoms with E-state index < -0.39 is 5.91 Å². The van der Waals surface area contributed by atoms with E-state index in [1.807, 2.05) is 54.6 Å². The van der Waals surface area contributed by atoms with Crippen LogP contribution in [0.1, 0.15) is 31.8 Å². The molecule has 0 aliphatic heterocycles. The van der Waals surface area contributed by atoms with Gasteiger partial charge >= 0.3 is 0 Å². The lowest BCUT2D eigenvalue weighted by Gasteiger charge is -2.08. The van der Waals surface area contributed by atoms with Gasteiger partial charge in [-0.2, -0.15) is 0 Å².